The van der Waals surface area contributed by atoms with E-state index in [0.717, 1.165) is 5.57 Å². The summed E-state index contributed by atoms with van der Waals surface area (Å²) in [5, 5.41) is 8.48. The molecule has 0 fully saturated rings. The summed E-state index contributed by atoms with van der Waals surface area (Å²) in [4.78, 5) is 0. The number of hydrogen-bond acceptors (Lipinski definition) is 1. The maximum absolute atomic E-state index is 8.48. The normalized spacial score (nSPS) is 15.2. The first-order chi connectivity index (χ1) is 4.83. The highest BCUT2D eigenvalue weighted by atomic mass is 14.2. The smallest absolute Gasteiger partial charge is 0.0991 e. The third kappa shape index (κ3) is 1.48. The van der Waals surface area contributed by atoms with E-state index in [-0.39, 0.29) is 0 Å². The fraction of sp³-hybridized carbons (Fsp3) is 0.111. The van der Waals surface area contributed by atoms with Gasteiger partial charge in [0.15, 0.2) is 0 Å². The average molecular weight is 129 g/mol. The molecule has 1 aliphatic rings. The van der Waals surface area contributed by atoms with Crippen LogP contribution >= 0.6 is 0 Å². The molecular formula is C9H7N. The van der Waals surface area contributed by atoms with Gasteiger partial charge >= 0.3 is 0 Å². The Morgan fingerprint density at radius 2 is 2.30 bits per heavy atom. The van der Waals surface area contributed by atoms with Crippen molar-refractivity contribution in [1.29, 1.82) is 5.26 Å². The Labute approximate surface area is 60.3 Å². The molecule has 48 valence electrons. The van der Waals surface area contributed by atoms with Crippen LogP contribution < -0.4 is 0 Å². The van der Waals surface area contributed by atoms with Crippen LogP contribution in [-0.4, -0.2) is 0 Å². The lowest BCUT2D eigenvalue weighted by molar-refractivity contribution is 1.49. The molecule has 0 N–H and O–H groups in total. The van der Waals surface area contributed by atoms with Crippen molar-refractivity contribution in [3.05, 3.63) is 41.2 Å². The summed E-state index contributed by atoms with van der Waals surface area (Å²) in [6.45, 7) is 1.95. The van der Waals surface area contributed by atoms with Crippen LogP contribution in [0.4, 0.5) is 0 Å². The number of nitrogens with zero attached hydrogens (tertiary/aromatic N) is 1. The summed E-state index contributed by atoms with van der Waals surface area (Å²) in [5.41, 5.74) is 4.70. The molecule has 0 atom stereocenters. The second kappa shape index (κ2) is 2.87. The molecule has 0 unspecified atom stereocenters. The van der Waals surface area contributed by atoms with Crippen LogP contribution in [0.5, 0.6) is 0 Å². The number of nitriles is 1. The molecule has 0 spiro atoms. The fourth-order valence-corrected chi connectivity index (χ4v) is 0.656. The molecule has 1 heteroatoms. The first-order valence-corrected chi connectivity index (χ1v) is 3.04. The molecule has 1 rings (SSSR count). The van der Waals surface area contributed by atoms with Gasteiger partial charge in [-0.15, -0.1) is 5.73 Å². The average Bonchev–Trinajstić information content (AvgIpc) is 2.14. The van der Waals surface area contributed by atoms with E-state index in [4.69, 9.17) is 5.26 Å². The van der Waals surface area contributed by atoms with Crippen LogP contribution in [0.1, 0.15) is 6.92 Å². The quantitative estimate of drug-likeness (QED) is 0.459. The van der Waals surface area contributed by atoms with Crippen LogP contribution in [0.3, 0.4) is 0 Å². The third-order valence-electron chi connectivity index (χ3n) is 1.22. The van der Waals surface area contributed by atoms with Crippen molar-refractivity contribution in [1.82, 2.24) is 0 Å². The molecule has 10 heavy (non-hydrogen) atoms. The summed E-state index contributed by atoms with van der Waals surface area (Å²) in [6, 6.07) is 2.05. The van der Waals surface area contributed by atoms with Crippen molar-refractivity contribution in [3.63, 3.8) is 0 Å². The predicted molar refractivity (Wildman–Crippen MR) is 40.1 cm³/mol. The van der Waals surface area contributed by atoms with Gasteiger partial charge in [-0.05, 0) is 30.7 Å². The molecule has 0 saturated carbocycles. The fourth-order valence-electron chi connectivity index (χ4n) is 0.656. The molecule has 1 nitrogen and oxygen atoms in total. The predicted octanol–water partition coefficient (Wildman–Crippen LogP) is 2.11. The Morgan fingerprint density at radius 1 is 1.50 bits per heavy atom. The summed E-state index contributed by atoms with van der Waals surface area (Å²) in [7, 11) is 0. The molecule has 0 radical (unpaired) electrons. The Morgan fingerprint density at radius 3 is 3.00 bits per heavy atom. The third-order valence-corrected chi connectivity index (χ3v) is 1.22. The molecule has 0 aromatic heterocycles. The van der Waals surface area contributed by atoms with E-state index >= 15 is 0 Å². The van der Waals surface area contributed by atoms with Crippen LogP contribution in [0, 0.1) is 11.3 Å². The summed E-state index contributed by atoms with van der Waals surface area (Å²) in [6.07, 6.45) is 7.16. The molecule has 1 aliphatic carbocycles. The SMILES string of the molecule is CC1=C=CC=C(C#N)C=C1. The van der Waals surface area contributed by atoms with Crippen molar-refractivity contribution in [2.45, 2.75) is 6.92 Å². The Hall–Kier alpha value is -1.51. The highest BCUT2D eigenvalue weighted by molar-refractivity contribution is 5.41. The highest BCUT2D eigenvalue weighted by Gasteiger charge is 1.88. The molecule has 0 saturated heterocycles. The van der Waals surface area contributed by atoms with Crippen LogP contribution in [0.2, 0.25) is 0 Å². The van der Waals surface area contributed by atoms with Gasteiger partial charge in [0.25, 0.3) is 0 Å². The second-order valence-corrected chi connectivity index (χ2v) is 2.06. The zero-order valence-electron chi connectivity index (χ0n) is 5.76. The standard InChI is InChI=1S/C9H7N/c1-8-3-2-4-9(7-10)6-5-8/h2,4-6H,1H3. The minimum Gasteiger partial charge on any atom is -0.192 e. The maximum atomic E-state index is 8.48. The van der Waals surface area contributed by atoms with E-state index in [0.29, 0.717) is 5.57 Å². The van der Waals surface area contributed by atoms with Gasteiger partial charge in [0, 0.05) is 0 Å². The van der Waals surface area contributed by atoms with Crippen molar-refractivity contribution >= 4 is 0 Å². The minimum absolute atomic E-state index is 0.671. The maximum Gasteiger partial charge on any atom is 0.0991 e. The molecule has 0 aromatic carbocycles. The van der Waals surface area contributed by atoms with Crippen LogP contribution in [0.25, 0.3) is 0 Å². The van der Waals surface area contributed by atoms with Gasteiger partial charge in [-0.1, -0.05) is 6.08 Å². The molecule has 0 heterocycles. The Kier molecular flexibility index (Phi) is 1.89. The largest absolute Gasteiger partial charge is 0.192 e. The minimum atomic E-state index is 0.671. The van der Waals surface area contributed by atoms with Crippen LogP contribution in [-0.2, 0) is 0 Å². The zero-order valence-corrected chi connectivity index (χ0v) is 5.76. The van der Waals surface area contributed by atoms with Gasteiger partial charge in [0.1, 0.15) is 0 Å². The van der Waals surface area contributed by atoms with Crippen molar-refractivity contribution in [3.8, 4) is 6.07 Å². The van der Waals surface area contributed by atoms with E-state index in [9.17, 15) is 0 Å². The molecule has 0 bridgehead atoms. The van der Waals surface area contributed by atoms with Gasteiger partial charge in [0.05, 0.1) is 11.6 Å². The summed E-state index contributed by atoms with van der Waals surface area (Å²) < 4.78 is 0. The monoisotopic (exact) mass is 129 g/mol. The van der Waals surface area contributed by atoms with Crippen molar-refractivity contribution in [2.75, 3.05) is 0 Å². The Bertz CT molecular complexity index is 291. The Balaban J connectivity index is 2.99. The van der Waals surface area contributed by atoms with Crippen LogP contribution in [0.15, 0.2) is 41.2 Å². The van der Waals surface area contributed by atoms with Gasteiger partial charge < -0.3 is 0 Å². The lowest BCUT2D eigenvalue weighted by Gasteiger charge is -1.80. The van der Waals surface area contributed by atoms with Gasteiger partial charge in [-0.2, -0.15) is 5.26 Å². The molecule has 0 aromatic rings. The lowest BCUT2D eigenvalue weighted by Crippen LogP contribution is -1.67. The number of hydrogen-bond donors (Lipinski definition) is 0. The van der Waals surface area contributed by atoms with E-state index in [1.54, 1.807) is 18.2 Å². The first kappa shape index (κ1) is 6.61. The molecule has 0 aliphatic heterocycles. The van der Waals surface area contributed by atoms with Gasteiger partial charge in [-0.25, -0.2) is 0 Å². The van der Waals surface area contributed by atoms with E-state index in [1.165, 1.54) is 0 Å². The zero-order chi connectivity index (χ0) is 7.40. The molecular weight excluding hydrogens is 122 g/mol. The second-order valence-electron chi connectivity index (χ2n) is 2.06. The van der Waals surface area contributed by atoms with Gasteiger partial charge in [0.2, 0.25) is 0 Å². The van der Waals surface area contributed by atoms with E-state index in [1.807, 2.05) is 13.0 Å². The van der Waals surface area contributed by atoms with Crippen molar-refractivity contribution < 1.29 is 0 Å². The number of rotatable bonds is 0. The lowest BCUT2D eigenvalue weighted by atomic mass is 10.2. The summed E-state index contributed by atoms with van der Waals surface area (Å²) in [5.74, 6) is 0. The highest BCUT2D eigenvalue weighted by Crippen LogP contribution is 2.03. The van der Waals surface area contributed by atoms with Crippen molar-refractivity contribution in [2.24, 2.45) is 0 Å². The van der Waals surface area contributed by atoms with E-state index in [2.05, 4.69) is 11.8 Å². The first-order valence-electron chi connectivity index (χ1n) is 3.04. The summed E-state index contributed by atoms with van der Waals surface area (Å²) >= 11 is 0. The molecule has 0 amide bonds. The van der Waals surface area contributed by atoms with E-state index < -0.39 is 0 Å². The topological polar surface area (TPSA) is 23.8 Å². The number of allylic oxidation sites excluding steroid dienone is 5. The van der Waals surface area contributed by atoms with Gasteiger partial charge in [-0.3, -0.25) is 0 Å².